The van der Waals surface area contributed by atoms with E-state index in [4.69, 9.17) is 0 Å². The Hall–Kier alpha value is -1.23. The molecule has 0 aliphatic carbocycles. The molecule has 1 unspecified atom stereocenters. The first-order valence-corrected chi connectivity index (χ1v) is 5.52. The Kier molecular flexibility index (Phi) is 3.05. The highest BCUT2D eigenvalue weighted by atomic mass is 79.9. The van der Waals surface area contributed by atoms with Crippen molar-refractivity contribution in [3.63, 3.8) is 0 Å². The third-order valence-electron chi connectivity index (χ3n) is 2.39. The quantitative estimate of drug-likeness (QED) is 0.826. The Morgan fingerprint density at radius 1 is 1.31 bits per heavy atom. The van der Waals surface area contributed by atoms with E-state index < -0.39 is 11.6 Å². The molecule has 16 heavy (non-hydrogen) atoms. The number of rotatable bonds is 2. The van der Waals surface area contributed by atoms with Gasteiger partial charge in [0, 0.05) is 6.20 Å². The minimum absolute atomic E-state index is 0.138. The maximum Gasteiger partial charge on any atom is 0.159 e. The van der Waals surface area contributed by atoms with Gasteiger partial charge in [-0.3, -0.25) is 4.68 Å². The highest BCUT2D eigenvalue weighted by Crippen LogP contribution is 2.20. The molecule has 1 atom stereocenters. The molecule has 0 aliphatic rings. The number of hydrogen-bond acceptors (Lipinski definition) is 1. The van der Waals surface area contributed by atoms with Crippen LogP contribution in [-0.4, -0.2) is 9.78 Å². The smallest absolute Gasteiger partial charge is 0.159 e. The molecule has 0 saturated heterocycles. The van der Waals surface area contributed by atoms with Gasteiger partial charge >= 0.3 is 0 Å². The second kappa shape index (κ2) is 4.33. The van der Waals surface area contributed by atoms with Gasteiger partial charge in [-0.1, -0.05) is 6.07 Å². The normalized spacial score (nSPS) is 12.8. The van der Waals surface area contributed by atoms with Crippen molar-refractivity contribution in [2.45, 2.75) is 13.0 Å². The molecule has 84 valence electrons. The van der Waals surface area contributed by atoms with Gasteiger partial charge in [-0.25, -0.2) is 8.78 Å². The van der Waals surface area contributed by atoms with Gasteiger partial charge in [-0.2, -0.15) is 5.10 Å². The molecule has 0 spiro atoms. The Labute approximate surface area is 100 Å². The van der Waals surface area contributed by atoms with Crippen molar-refractivity contribution in [3.05, 3.63) is 52.3 Å². The highest BCUT2D eigenvalue weighted by Gasteiger charge is 2.11. The van der Waals surface area contributed by atoms with E-state index in [2.05, 4.69) is 21.0 Å². The molecule has 0 saturated carbocycles. The maximum absolute atomic E-state index is 13.0. The average molecular weight is 287 g/mol. The van der Waals surface area contributed by atoms with Crippen molar-refractivity contribution in [1.29, 1.82) is 0 Å². The monoisotopic (exact) mass is 286 g/mol. The molecule has 1 heterocycles. The molecule has 5 heteroatoms. The Morgan fingerprint density at radius 2 is 2.06 bits per heavy atom. The molecule has 2 aromatic rings. The highest BCUT2D eigenvalue weighted by molar-refractivity contribution is 9.10. The van der Waals surface area contributed by atoms with E-state index in [-0.39, 0.29) is 6.04 Å². The zero-order chi connectivity index (χ0) is 11.7. The van der Waals surface area contributed by atoms with Crippen LogP contribution < -0.4 is 0 Å². The molecular weight excluding hydrogens is 278 g/mol. The molecular formula is C11H9BrF2N2. The van der Waals surface area contributed by atoms with Crippen LogP contribution in [0, 0.1) is 11.6 Å². The van der Waals surface area contributed by atoms with E-state index in [1.54, 1.807) is 23.1 Å². The van der Waals surface area contributed by atoms with Gasteiger partial charge < -0.3 is 0 Å². The van der Waals surface area contributed by atoms with Gasteiger partial charge in [0.2, 0.25) is 0 Å². The molecule has 1 aromatic carbocycles. The zero-order valence-electron chi connectivity index (χ0n) is 8.49. The Morgan fingerprint density at radius 3 is 2.62 bits per heavy atom. The van der Waals surface area contributed by atoms with Crippen molar-refractivity contribution < 1.29 is 8.78 Å². The van der Waals surface area contributed by atoms with Gasteiger partial charge in [0.05, 0.1) is 16.7 Å². The first-order valence-electron chi connectivity index (χ1n) is 4.72. The number of halogens is 3. The van der Waals surface area contributed by atoms with Crippen LogP contribution in [0.2, 0.25) is 0 Å². The summed E-state index contributed by atoms with van der Waals surface area (Å²) in [7, 11) is 0. The third kappa shape index (κ3) is 2.14. The van der Waals surface area contributed by atoms with E-state index in [0.717, 1.165) is 10.5 Å². The summed E-state index contributed by atoms with van der Waals surface area (Å²) in [5, 5.41) is 4.10. The maximum atomic E-state index is 13.0. The van der Waals surface area contributed by atoms with Crippen LogP contribution in [0.25, 0.3) is 0 Å². The molecule has 0 N–H and O–H groups in total. The lowest BCUT2D eigenvalue weighted by molar-refractivity contribution is 0.499. The van der Waals surface area contributed by atoms with E-state index in [1.807, 2.05) is 6.92 Å². The molecule has 0 radical (unpaired) electrons. The summed E-state index contributed by atoms with van der Waals surface area (Å²) in [4.78, 5) is 0. The summed E-state index contributed by atoms with van der Waals surface area (Å²) >= 11 is 3.28. The van der Waals surface area contributed by atoms with Crippen molar-refractivity contribution in [2.24, 2.45) is 0 Å². The van der Waals surface area contributed by atoms with E-state index in [0.29, 0.717) is 5.56 Å². The van der Waals surface area contributed by atoms with Crippen LogP contribution in [0.1, 0.15) is 18.5 Å². The molecule has 2 rings (SSSR count). The summed E-state index contributed by atoms with van der Waals surface area (Å²) in [6, 6.07) is 3.73. The number of aromatic nitrogens is 2. The summed E-state index contributed by atoms with van der Waals surface area (Å²) in [5.41, 5.74) is 0.675. The number of hydrogen-bond donors (Lipinski definition) is 0. The third-order valence-corrected chi connectivity index (χ3v) is 2.80. The zero-order valence-corrected chi connectivity index (χ0v) is 10.1. The molecule has 0 amide bonds. The van der Waals surface area contributed by atoms with E-state index >= 15 is 0 Å². The second-order valence-electron chi connectivity index (χ2n) is 3.49. The average Bonchev–Trinajstić information content (AvgIpc) is 2.68. The summed E-state index contributed by atoms with van der Waals surface area (Å²) in [5.74, 6) is -1.67. The fourth-order valence-electron chi connectivity index (χ4n) is 1.45. The first kappa shape index (κ1) is 11.3. The van der Waals surface area contributed by atoms with Gasteiger partial charge in [-0.05, 0) is 40.5 Å². The van der Waals surface area contributed by atoms with Gasteiger partial charge in [0.25, 0.3) is 0 Å². The number of nitrogens with zero attached hydrogens (tertiary/aromatic N) is 2. The fourth-order valence-corrected chi connectivity index (χ4v) is 1.75. The lowest BCUT2D eigenvalue weighted by Crippen LogP contribution is -2.07. The second-order valence-corrected chi connectivity index (χ2v) is 4.40. The van der Waals surface area contributed by atoms with Crippen LogP contribution in [0.3, 0.4) is 0 Å². The minimum atomic E-state index is -0.837. The largest absolute Gasteiger partial charge is 0.264 e. The summed E-state index contributed by atoms with van der Waals surface area (Å²) in [6.45, 7) is 1.87. The predicted octanol–water partition coefficient (Wildman–Crippen LogP) is 3.53. The number of benzene rings is 1. The van der Waals surface area contributed by atoms with Crippen LogP contribution in [0.15, 0.2) is 35.1 Å². The molecule has 1 aromatic heterocycles. The summed E-state index contributed by atoms with van der Waals surface area (Å²) < 4.78 is 28.3. The van der Waals surface area contributed by atoms with Gasteiger partial charge in [0.1, 0.15) is 0 Å². The van der Waals surface area contributed by atoms with Crippen LogP contribution in [0.4, 0.5) is 8.78 Å². The fraction of sp³-hybridized carbons (Fsp3) is 0.182. The van der Waals surface area contributed by atoms with Gasteiger partial charge in [0.15, 0.2) is 11.6 Å². The van der Waals surface area contributed by atoms with Crippen LogP contribution in [-0.2, 0) is 0 Å². The topological polar surface area (TPSA) is 17.8 Å². The molecule has 0 aliphatic heterocycles. The van der Waals surface area contributed by atoms with Crippen molar-refractivity contribution >= 4 is 15.9 Å². The first-order chi connectivity index (χ1) is 7.58. The van der Waals surface area contributed by atoms with Crippen LogP contribution in [0.5, 0.6) is 0 Å². The van der Waals surface area contributed by atoms with Crippen molar-refractivity contribution in [2.75, 3.05) is 0 Å². The Bertz CT molecular complexity index is 510. The lowest BCUT2D eigenvalue weighted by atomic mass is 10.1. The standard InChI is InChI=1S/C11H9BrF2N2/c1-7(16-6-9(12)5-15-16)8-2-3-10(13)11(14)4-8/h2-7H,1H3. The van der Waals surface area contributed by atoms with Crippen molar-refractivity contribution in [3.8, 4) is 0 Å². The van der Waals surface area contributed by atoms with Crippen LogP contribution >= 0.6 is 15.9 Å². The Balaban J connectivity index is 2.33. The van der Waals surface area contributed by atoms with Crippen molar-refractivity contribution in [1.82, 2.24) is 9.78 Å². The SMILES string of the molecule is CC(c1ccc(F)c(F)c1)n1cc(Br)cn1. The van der Waals surface area contributed by atoms with E-state index in [1.165, 1.54) is 6.07 Å². The lowest BCUT2D eigenvalue weighted by Gasteiger charge is -2.12. The molecule has 2 nitrogen and oxygen atoms in total. The minimum Gasteiger partial charge on any atom is -0.264 e. The predicted molar refractivity (Wildman–Crippen MR) is 60.1 cm³/mol. The molecule has 0 bridgehead atoms. The van der Waals surface area contributed by atoms with Gasteiger partial charge in [-0.15, -0.1) is 0 Å². The molecule has 0 fully saturated rings. The van der Waals surface area contributed by atoms with E-state index in [9.17, 15) is 8.78 Å². The summed E-state index contributed by atoms with van der Waals surface area (Å²) in [6.07, 6.45) is 3.43.